The lowest BCUT2D eigenvalue weighted by Gasteiger charge is -1.79. The summed E-state index contributed by atoms with van der Waals surface area (Å²) in [5, 5.41) is 12.3. The smallest absolute Gasteiger partial charge is 0.375 e. The van der Waals surface area contributed by atoms with Crippen molar-refractivity contribution in [3.8, 4) is 0 Å². The number of aromatic carboxylic acids is 1. The van der Waals surface area contributed by atoms with Crippen LogP contribution in [0.5, 0.6) is 0 Å². The molecule has 5 nitrogen and oxygen atoms in total. The first-order valence-electron chi connectivity index (χ1n) is 2.85. The molecule has 0 aliphatic carbocycles. The fourth-order valence-corrected chi connectivity index (χ4v) is 0.835. The first-order chi connectivity index (χ1) is 5.29. The molecule has 2 rings (SSSR count). The van der Waals surface area contributed by atoms with E-state index in [1.165, 1.54) is 12.3 Å². The van der Waals surface area contributed by atoms with Gasteiger partial charge in [-0.25, -0.2) is 4.79 Å². The highest BCUT2D eigenvalue weighted by Crippen LogP contribution is 2.18. The van der Waals surface area contributed by atoms with E-state index in [2.05, 4.69) is 9.68 Å². The minimum Gasteiger partial charge on any atom is -0.475 e. The monoisotopic (exact) mass is 153 g/mol. The molecule has 2 heterocycles. The molecule has 0 fully saturated rings. The van der Waals surface area contributed by atoms with Gasteiger partial charge in [0.05, 0.1) is 11.6 Å². The van der Waals surface area contributed by atoms with E-state index in [1.807, 2.05) is 0 Å². The zero-order chi connectivity index (χ0) is 7.84. The second kappa shape index (κ2) is 1.85. The largest absolute Gasteiger partial charge is 0.475 e. The van der Waals surface area contributed by atoms with E-state index in [4.69, 9.17) is 9.52 Å². The van der Waals surface area contributed by atoms with Crippen LogP contribution in [0, 0.1) is 0 Å². The van der Waals surface area contributed by atoms with E-state index in [0.717, 1.165) is 0 Å². The number of aromatic nitrogens is 1. The van der Waals surface area contributed by atoms with Crippen molar-refractivity contribution >= 4 is 17.1 Å². The SMILES string of the molecule is O=C(O)c1onc2occc12. The van der Waals surface area contributed by atoms with Gasteiger partial charge in [-0.3, -0.25) is 0 Å². The van der Waals surface area contributed by atoms with E-state index >= 15 is 0 Å². The number of hydrogen-bond donors (Lipinski definition) is 1. The van der Waals surface area contributed by atoms with E-state index in [1.54, 1.807) is 0 Å². The van der Waals surface area contributed by atoms with Gasteiger partial charge >= 0.3 is 5.97 Å². The molecule has 0 spiro atoms. The van der Waals surface area contributed by atoms with Crippen molar-refractivity contribution in [1.29, 1.82) is 0 Å². The average Bonchev–Trinajstić information content (AvgIpc) is 2.41. The van der Waals surface area contributed by atoms with Crippen molar-refractivity contribution in [3.05, 3.63) is 18.1 Å². The highest BCUT2D eigenvalue weighted by atomic mass is 16.5. The Morgan fingerprint density at radius 2 is 2.45 bits per heavy atom. The van der Waals surface area contributed by atoms with Gasteiger partial charge in [-0.2, -0.15) is 0 Å². The number of furan rings is 1. The highest BCUT2D eigenvalue weighted by Gasteiger charge is 2.16. The number of carboxylic acids is 1. The van der Waals surface area contributed by atoms with Gasteiger partial charge in [0, 0.05) is 0 Å². The molecule has 5 heteroatoms. The predicted octanol–water partition coefficient (Wildman–Crippen LogP) is 1.12. The molecule has 2 aromatic heterocycles. The molecule has 0 radical (unpaired) electrons. The van der Waals surface area contributed by atoms with Crippen LogP contribution in [0.4, 0.5) is 0 Å². The molecule has 1 N–H and O–H groups in total. The van der Waals surface area contributed by atoms with Gasteiger partial charge in [0.25, 0.3) is 11.5 Å². The standard InChI is InChI=1S/C6H3NO4/c8-6(9)4-3-1-2-10-5(3)7-11-4/h1-2H,(H,8,9). The van der Waals surface area contributed by atoms with Crippen LogP contribution in [-0.2, 0) is 0 Å². The summed E-state index contributed by atoms with van der Waals surface area (Å²) < 4.78 is 9.25. The van der Waals surface area contributed by atoms with Gasteiger partial charge in [0.2, 0.25) is 0 Å². The second-order valence-corrected chi connectivity index (χ2v) is 1.96. The number of rotatable bonds is 1. The zero-order valence-corrected chi connectivity index (χ0v) is 5.27. The normalized spacial score (nSPS) is 10.5. The molecule has 0 bridgehead atoms. The first-order valence-corrected chi connectivity index (χ1v) is 2.85. The minimum atomic E-state index is -1.14. The van der Waals surface area contributed by atoms with Crippen LogP contribution in [0.3, 0.4) is 0 Å². The van der Waals surface area contributed by atoms with Crippen LogP contribution >= 0.6 is 0 Å². The topological polar surface area (TPSA) is 76.5 Å². The Morgan fingerprint density at radius 3 is 3.18 bits per heavy atom. The molecule has 0 atom stereocenters. The number of carboxylic acid groups (broad SMARTS) is 1. The molecular formula is C6H3NO4. The Kier molecular flexibility index (Phi) is 1.00. The number of carbonyl (C=O) groups is 1. The average molecular weight is 153 g/mol. The van der Waals surface area contributed by atoms with Crippen LogP contribution in [0.15, 0.2) is 21.3 Å². The minimum absolute atomic E-state index is 0.186. The van der Waals surface area contributed by atoms with Crippen LogP contribution in [0.25, 0.3) is 11.1 Å². The van der Waals surface area contributed by atoms with Crippen LogP contribution in [0.1, 0.15) is 10.6 Å². The van der Waals surface area contributed by atoms with Gasteiger partial charge in [-0.1, -0.05) is 0 Å². The highest BCUT2D eigenvalue weighted by molar-refractivity contribution is 5.98. The van der Waals surface area contributed by atoms with E-state index in [0.29, 0.717) is 5.39 Å². The van der Waals surface area contributed by atoms with Crippen molar-refractivity contribution in [2.24, 2.45) is 0 Å². The van der Waals surface area contributed by atoms with Gasteiger partial charge in [0.15, 0.2) is 0 Å². The Labute approximate surface area is 60.2 Å². The molecule has 0 saturated heterocycles. The van der Waals surface area contributed by atoms with Crippen molar-refractivity contribution in [2.45, 2.75) is 0 Å². The van der Waals surface area contributed by atoms with Crippen molar-refractivity contribution in [3.63, 3.8) is 0 Å². The summed E-state index contributed by atoms with van der Waals surface area (Å²) in [7, 11) is 0. The lowest BCUT2D eigenvalue weighted by molar-refractivity contribution is 0.0655. The lowest BCUT2D eigenvalue weighted by Crippen LogP contribution is -1.92. The van der Waals surface area contributed by atoms with Crippen molar-refractivity contribution < 1.29 is 18.8 Å². The molecule has 0 amide bonds. The first kappa shape index (κ1) is 5.96. The maximum absolute atomic E-state index is 10.4. The summed E-state index contributed by atoms with van der Waals surface area (Å²) in [5.74, 6) is -1.33. The Bertz CT molecular complexity index is 399. The van der Waals surface area contributed by atoms with Crippen molar-refractivity contribution in [1.82, 2.24) is 5.16 Å². The maximum atomic E-state index is 10.4. The third kappa shape index (κ3) is 0.706. The quantitative estimate of drug-likeness (QED) is 0.664. The fraction of sp³-hybridized carbons (Fsp3) is 0. The third-order valence-electron chi connectivity index (χ3n) is 1.30. The molecule has 0 aliphatic heterocycles. The summed E-state index contributed by atoms with van der Waals surface area (Å²) >= 11 is 0. The number of nitrogens with zero attached hydrogens (tertiary/aromatic N) is 1. The van der Waals surface area contributed by atoms with Crippen LogP contribution in [-0.4, -0.2) is 16.2 Å². The summed E-state index contributed by atoms with van der Waals surface area (Å²) in [4.78, 5) is 10.4. The molecule has 0 unspecified atom stereocenters. The molecular weight excluding hydrogens is 150 g/mol. The molecule has 56 valence electrons. The molecule has 0 aliphatic rings. The van der Waals surface area contributed by atoms with E-state index < -0.39 is 5.97 Å². The molecule has 2 aromatic rings. The third-order valence-corrected chi connectivity index (χ3v) is 1.30. The zero-order valence-electron chi connectivity index (χ0n) is 5.27. The van der Waals surface area contributed by atoms with E-state index in [9.17, 15) is 4.79 Å². The lowest BCUT2D eigenvalue weighted by atomic mass is 10.3. The predicted molar refractivity (Wildman–Crippen MR) is 33.2 cm³/mol. The number of hydrogen-bond acceptors (Lipinski definition) is 4. The summed E-state index contributed by atoms with van der Waals surface area (Å²) in [6.07, 6.45) is 1.36. The Balaban J connectivity index is 2.78. The second-order valence-electron chi connectivity index (χ2n) is 1.96. The maximum Gasteiger partial charge on any atom is 0.375 e. The summed E-state index contributed by atoms with van der Waals surface area (Å²) in [6, 6.07) is 1.50. The van der Waals surface area contributed by atoms with Gasteiger partial charge in [-0.05, 0) is 11.2 Å². The van der Waals surface area contributed by atoms with Gasteiger partial charge < -0.3 is 14.0 Å². The van der Waals surface area contributed by atoms with Crippen LogP contribution in [0.2, 0.25) is 0 Å². The molecule has 11 heavy (non-hydrogen) atoms. The van der Waals surface area contributed by atoms with Crippen molar-refractivity contribution in [2.75, 3.05) is 0 Å². The Hall–Kier alpha value is -1.78. The number of fused-ring (bicyclic) bond motifs is 1. The summed E-state index contributed by atoms with van der Waals surface area (Å²) in [6.45, 7) is 0. The van der Waals surface area contributed by atoms with Crippen LogP contribution < -0.4 is 0 Å². The van der Waals surface area contributed by atoms with E-state index in [-0.39, 0.29) is 11.5 Å². The fourth-order valence-electron chi connectivity index (χ4n) is 0.835. The van der Waals surface area contributed by atoms with Gasteiger partial charge in [0.1, 0.15) is 0 Å². The molecule has 0 saturated carbocycles. The van der Waals surface area contributed by atoms with Gasteiger partial charge in [-0.15, -0.1) is 0 Å². The molecule has 0 aromatic carbocycles. The Morgan fingerprint density at radius 1 is 1.64 bits per heavy atom. The summed E-state index contributed by atoms with van der Waals surface area (Å²) in [5.41, 5.74) is 0.211.